The summed E-state index contributed by atoms with van der Waals surface area (Å²) in [6.07, 6.45) is 4.41. The molecule has 11 heavy (non-hydrogen) atoms. The molecule has 0 unspecified atom stereocenters. The smallest absolute Gasteiger partial charge is 0.00666 e. The van der Waals surface area contributed by atoms with E-state index in [0.29, 0.717) is 5.41 Å². The van der Waals surface area contributed by atoms with Crippen molar-refractivity contribution in [1.82, 2.24) is 0 Å². The second-order valence-corrected chi connectivity index (χ2v) is 5.25. The molecule has 0 spiro atoms. The van der Waals surface area contributed by atoms with E-state index in [0.717, 1.165) is 23.5 Å². The van der Waals surface area contributed by atoms with Crippen LogP contribution in [0.3, 0.4) is 0 Å². The highest BCUT2D eigenvalue weighted by Gasteiger charge is 2.53. The second kappa shape index (κ2) is 2.42. The Hall–Kier alpha value is 0.350. The highest BCUT2D eigenvalue weighted by atomic mass is 32.1. The van der Waals surface area contributed by atoms with Crippen LogP contribution < -0.4 is 0 Å². The Morgan fingerprint density at radius 3 is 2.45 bits per heavy atom. The van der Waals surface area contributed by atoms with Gasteiger partial charge in [0.1, 0.15) is 0 Å². The van der Waals surface area contributed by atoms with Crippen LogP contribution >= 0.6 is 12.6 Å². The Bertz CT molecular complexity index is 160. The number of rotatable bonds is 1. The average molecular weight is 170 g/mol. The molecule has 3 aliphatic rings. The number of fused-ring (bicyclic) bond motifs is 2. The summed E-state index contributed by atoms with van der Waals surface area (Å²) in [5.41, 5.74) is 0.658. The van der Waals surface area contributed by atoms with Gasteiger partial charge in [-0.1, -0.05) is 13.8 Å². The molecule has 3 aliphatic carbocycles. The van der Waals surface area contributed by atoms with E-state index in [2.05, 4.69) is 26.5 Å². The summed E-state index contributed by atoms with van der Waals surface area (Å²) in [6.45, 7) is 4.89. The zero-order chi connectivity index (χ0) is 8.06. The SMILES string of the molecule is CC1(C)[C@H]2CC[C@@H](CS)[C@H]1C2. The maximum absolute atomic E-state index is 4.43. The average Bonchev–Trinajstić information content (AvgIpc) is 2.04. The molecule has 0 nitrogen and oxygen atoms in total. The molecule has 0 heterocycles. The summed E-state index contributed by atoms with van der Waals surface area (Å²) in [7, 11) is 0. The Balaban J connectivity index is 2.10. The van der Waals surface area contributed by atoms with Crippen molar-refractivity contribution in [2.75, 3.05) is 5.75 Å². The van der Waals surface area contributed by atoms with E-state index in [1.54, 1.807) is 0 Å². The molecule has 64 valence electrons. The van der Waals surface area contributed by atoms with Gasteiger partial charge in [-0.3, -0.25) is 0 Å². The van der Waals surface area contributed by atoms with Crippen molar-refractivity contribution >= 4 is 12.6 Å². The van der Waals surface area contributed by atoms with Crippen LogP contribution in [0.5, 0.6) is 0 Å². The standard InChI is InChI=1S/C10H18S/c1-10(2)8-4-3-7(6-11)9(10)5-8/h7-9,11H,3-6H2,1-2H3/t7-,8-,9+/m0/s1. The van der Waals surface area contributed by atoms with E-state index in [1.807, 2.05) is 0 Å². The van der Waals surface area contributed by atoms with Gasteiger partial charge in [0.15, 0.2) is 0 Å². The maximum atomic E-state index is 4.43. The monoisotopic (exact) mass is 170 g/mol. The fraction of sp³-hybridized carbons (Fsp3) is 1.00. The van der Waals surface area contributed by atoms with Crippen molar-refractivity contribution in [2.24, 2.45) is 23.2 Å². The zero-order valence-electron chi connectivity index (χ0n) is 7.51. The first-order chi connectivity index (χ1) is 5.16. The van der Waals surface area contributed by atoms with Crippen LogP contribution in [0.25, 0.3) is 0 Å². The van der Waals surface area contributed by atoms with Crippen molar-refractivity contribution in [3.63, 3.8) is 0 Å². The molecule has 0 aromatic heterocycles. The molecular formula is C10H18S. The summed E-state index contributed by atoms with van der Waals surface area (Å²) >= 11 is 4.43. The molecule has 3 rings (SSSR count). The van der Waals surface area contributed by atoms with E-state index in [-0.39, 0.29) is 0 Å². The minimum absolute atomic E-state index is 0.658. The van der Waals surface area contributed by atoms with Gasteiger partial charge in [0.05, 0.1) is 0 Å². The third-order valence-electron chi connectivity index (χ3n) is 4.24. The molecule has 0 amide bonds. The van der Waals surface area contributed by atoms with Crippen molar-refractivity contribution in [3.05, 3.63) is 0 Å². The Kier molecular flexibility index (Phi) is 1.75. The van der Waals surface area contributed by atoms with Crippen LogP contribution in [0.4, 0.5) is 0 Å². The van der Waals surface area contributed by atoms with Crippen LogP contribution in [0, 0.1) is 23.2 Å². The predicted molar refractivity (Wildman–Crippen MR) is 52.0 cm³/mol. The highest BCUT2D eigenvalue weighted by Crippen LogP contribution is 2.61. The largest absolute Gasteiger partial charge is 0.179 e. The number of hydrogen-bond acceptors (Lipinski definition) is 1. The van der Waals surface area contributed by atoms with E-state index in [1.165, 1.54) is 19.3 Å². The second-order valence-electron chi connectivity index (χ2n) is 4.88. The molecule has 3 atom stereocenters. The van der Waals surface area contributed by atoms with Crippen LogP contribution in [-0.2, 0) is 0 Å². The topological polar surface area (TPSA) is 0 Å². The summed E-state index contributed by atoms with van der Waals surface area (Å²) < 4.78 is 0. The molecule has 0 N–H and O–H groups in total. The molecule has 2 bridgehead atoms. The fourth-order valence-corrected chi connectivity index (χ4v) is 3.62. The molecule has 3 saturated carbocycles. The third-order valence-corrected chi connectivity index (χ3v) is 4.70. The molecular weight excluding hydrogens is 152 g/mol. The van der Waals surface area contributed by atoms with E-state index >= 15 is 0 Å². The lowest BCUT2D eigenvalue weighted by atomic mass is 9.46. The molecule has 0 radical (unpaired) electrons. The van der Waals surface area contributed by atoms with Crippen molar-refractivity contribution in [3.8, 4) is 0 Å². The van der Waals surface area contributed by atoms with Gasteiger partial charge < -0.3 is 0 Å². The lowest BCUT2D eigenvalue weighted by Gasteiger charge is -2.60. The van der Waals surface area contributed by atoms with Gasteiger partial charge in [-0.25, -0.2) is 0 Å². The van der Waals surface area contributed by atoms with Gasteiger partial charge in [-0.15, -0.1) is 0 Å². The minimum Gasteiger partial charge on any atom is -0.179 e. The molecule has 0 saturated heterocycles. The molecule has 1 heteroatoms. The van der Waals surface area contributed by atoms with E-state index < -0.39 is 0 Å². The van der Waals surface area contributed by atoms with Crippen LogP contribution in [-0.4, -0.2) is 5.75 Å². The normalized spacial score (nSPS) is 46.6. The van der Waals surface area contributed by atoms with Crippen LogP contribution in [0.15, 0.2) is 0 Å². The molecule has 3 fully saturated rings. The highest BCUT2D eigenvalue weighted by molar-refractivity contribution is 7.80. The van der Waals surface area contributed by atoms with Gasteiger partial charge >= 0.3 is 0 Å². The summed E-state index contributed by atoms with van der Waals surface area (Å²) in [4.78, 5) is 0. The minimum atomic E-state index is 0.658. The molecule has 0 aromatic carbocycles. The quantitative estimate of drug-likeness (QED) is 0.575. The van der Waals surface area contributed by atoms with Gasteiger partial charge in [-0.05, 0) is 48.2 Å². The van der Waals surface area contributed by atoms with Crippen molar-refractivity contribution in [2.45, 2.75) is 33.1 Å². The first-order valence-corrected chi connectivity index (χ1v) is 5.40. The molecule has 0 aliphatic heterocycles. The Morgan fingerprint density at radius 2 is 2.09 bits per heavy atom. The van der Waals surface area contributed by atoms with Gasteiger partial charge in [0.2, 0.25) is 0 Å². The fourth-order valence-electron chi connectivity index (χ4n) is 3.18. The Labute approximate surface area is 75.2 Å². The maximum Gasteiger partial charge on any atom is -0.00666 e. The third kappa shape index (κ3) is 0.965. The molecule has 0 aromatic rings. The van der Waals surface area contributed by atoms with Crippen LogP contribution in [0.1, 0.15) is 33.1 Å². The summed E-state index contributed by atoms with van der Waals surface area (Å²) in [5.74, 6) is 4.08. The first kappa shape index (κ1) is 7.97. The van der Waals surface area contributed by atoms with Gasteiger partial charge in [-0.2, -0.15) is 12.6 Å². The summed E-state index contributed by atoms with van der Waals surface area (Å²) in [5, 5.41) is 0. The predicted octanol–water partition coefficient (Wildman–Crippen LogP) is 2.99. The van der Waals surface area contributed by atoms with Crippen LogP contribution in [0.2, 0.25) is 0 Å². The zero-order valence-corrected chi connectivity index (χ0v) is 8.40. The Morgan fingerprint density at radius 1 is 1.36 bits per heavy atom. The lowest BCUT2D eigenvalue weighted by Crippen LogP contribution is -2.52. The van der Waals surface area contributed by atoms with Gasteiger partial charge in [0.25, 0.3) is 0 Å². The lowest BCUT2D eigenvalue weighted by molar-refractivity contribution is -0.0972. The summed E-state index contributed by atoms with van der Waals surface area (Å²) in [6, 6.07) is 0. The number of thiol groups is 1. The van der Waals surface area contributed by atoms with E-state index in [9.17, 15) is 0 Å². The van der Waals surface area contributed by atoms with Crippen molar-refractivity contribution < 1.29 is 0 Å². The first-order valence-electron chi connectivity index (χ1n) is 4.77. The van der Waals surface area contributed by atoms with Gasteiger partial charge in [0, 0.05) is 0 Å². The van der Waals surface area contributed by atoms with E-state index in [4.69, 9.17) is 0 Å². The number of hydrogen-bond donors (Lipinski definition) is 1. The van der Waals surface area contributed by atoms with Crippen molar-refractivity contribution in [1.29, 1.82) is 0 Å².